The highest BCUT2D eigenvalue weighted by Crippen LogP contribution is 2.27. The van der Waals surface area contributed by atoms with Gasteiger partial charge in [-0.25, -0.2) is 0 Å². The standard InChI is InChI=1S/C15H20ClNO/c1-2-17(11-12-5-3-6-12)15(18)14-8-4-7-13(9-14)10-16/h4,7-9,12H,2-3,5-6,10-11H2,1H3. The molecule has 1 aromatic carbocycles. The second kappa shape index (κ2) is 6.24. The van der Waals surface area contributed by atoms with Crippen LogP contribution in [-0.4, -0.2) is 23.9 Å². The molecule has 2 rings (SSSR count). The molecule has 1 fully saturated rings. The minimum Gasteiger partial charge on any atom is -0.339 e. The van der Waals surface area contributed by atoms with Gasteiger partial charge >= 0.3 is 0 Å². The number of nitrogens with zero attached hydrogens (tertiary/aromatic N) is 1. The van der Waals surface area contributed by atoms with Crippen molar-refractivity contribution in [2.24, 2.45) is 5.92 Å². The summed E-state index contributed by atoms with van der Waals surface area (Å²) in [6.45, 7) is 3.73. The van der Waals surface area contributed by atoms with Crippen molar-refractivity contribution >= 4 is 17.5 Å². The fraction of sp³-hybridized carbons (Fsp3) is 0.533. The number of alkyl halides is 1. The highest BCUT2D eigenvalue weighted by atomic mass is 35.5. The number of rotatable bonds is 5. The first-order valence-electron chi connectivity index (χ1n) is 6.68. The summed E-state index contributed by atoms with van der Waals surface area (Å²) in [5, 5.41) is 0. The summed E-state index contributed by atoms with van der Waals surface area (Å²) >= 11 is 5.81. The normalized spacial score (nSPS) is 15.2. The molecule has 0 aromatic heterocycles. The monoisotopic (exact) mass is 265 g/mol. The Kier molecular flexibility index (Phi) is 4.65. The summed E-state index contributed by atoms with van der Waals surface area (Å²) in [5.41, 5.74) is 1.76. The quantitative estimate of drug-likeness (QED) is 0.744. The Morgan fingerprint density at radius 2 is 2.22 bits per heavy atom. The van der Waals surface area contributed by atoms with Crippen LogP contribution < -0.4 is 0 Å². The molecule has 0 bridgehead atoms. The molecular weight excluding hydrogens is 246 g/mol. The minimum absolute atomic E-state index is 0.136. The zero-order valence-corrected chi connectivity index (χ0v) is 11.6. The molecule has 3 heteroatoms. The van der Waals surface area contributed by atoms with Crippen LogP contribution in [0, 0.1) is 5.92 Å². The van der Waals surface area contributed by atoms with Crippen molar-refractivity contribution in [2.45, 2.75) is 32.1 Å². The maximum absolute atomic E-state index is 12.4. The molecule has 0 unspecified atom stereocenters. The lowest BCUT2D eigenvalue weighted by atomic mass is 9.85. The maximum Gasteiger partial charge on any atom is 0.253 e. The third kappa shape index (κ3) is 3.05. The Morgan fingerprint density at radius 3 is 2.78 bits per heavy atom. The van der Waals surface area contributed by atoms with Crippen LogP contribution in [0.3, 0.4) is 0 Å². The van der Waals surface area contributed by atoms with Gasteiger partial charge in [0, 0.05) is 24.5 Å². The van der Waals surface area contributed by atoms with Gasteiger partial charge in [0.05, 0.1) is 0 Å². The molecule has 1 aromatic rings. The van der Waals surface area contributed by atoms with Crippen LogP contribution in [-0.2, 0) is 5.88 Å². The first-order chi connectivity index (χ1) is 8.74. The van der Waals surface area contributed by atoms with Crippen molar-refractivity contribution < 1.29 is 4.79 Å². The molecule has 1 aliphatic carbocycles. The van der Waals surface area contributed by atoms with Crippen LogP contribution in [0.15, 0.2) is 24.3 Å². The van der Waals surface area contributed by atoms with Crippen molar-refractivity contribution in [3.63, 3.8) is 0 Å². The Balaban J connectivity index is 2.06. The van der Waals surface area contributed by atoms with Gasteiger partial charge in [-0.3, -0.25) is 4.79 Å². The average molecular weight is 266 g/mol. The molecule has 0 radical (unpaired) electrons. The molecule has 0 atom stereocenters. The van der Waals surface area contributed by atoms with Crippen molar-refractivity contribution in [3.8, 4) is 0 Å². The largest absolute Gasteiger partial charge is 0.339 e. The molecule has 0 spiro atoms. The van der Waals surface area contributed by atoms with Crippen LogP contribution in [0.1, 0.15) is 42.1 Å². The van der Waals surface area contributed by atoms with Gasteiger partial charge in [0.2, 0.25) is 0 Å². The van der Waals surface area contributed by atoms with E-state index in [0.29, 0.717) is 11.8 Å². The Hall–Kier alpha value is -1.02. The molecular formula is C15H20ClNO. The van der Waals surface area contributed by atoms with Gasteiger partial charge < -0.3 is 4.90 Å². The number of hydrogen-bond acceptors (Lipinski definition) is 1. The van der Waals surface area contributed by atoms with E-state index in [-0.39, 0.29) is 5.91 Å². The summed E-state index contributed by atoms with van der Waals surface area (Å²) < 4.78 is 0. The highest BCUT2D eigenvalue weighted by molar-refractivity contribution is 6.17. The van der Waals surface area contributed by atoms with Crippen molar-refractivity contribution in [2.75, 3.05) is 13.1 Å². The summed E-state index contributed by atoms with van der Waals surface area (Å²) in [5.74, 6) is 1.30. The SMILES string of the molecule is CCN(CC1CCC1)C(=O)c1cccc(CCl)c1. The van der Waals surface area contributed by atoms with Gasteiger partial charge in [-0.05, 0) is 43.4 Å². The molecule has 0 N–H and O–H groups in total. The Morgan fingerprint density at radius 1 is 1.44 bits per heavy atom. The van der Waals surface area contributed by atoms with E-state index in [0.717, 1.165) is 24.2 Å². The second-order valence-corrected chi connectivity index (χ2v) is 5.24. The topological polar surface area (TPSA) is 20.3 Å². The Bertz CT molecular complexity index is 415. The molecule has 1 saturated carbocycles. The summed E-state index contributed by atoms with van der Waals surface area (Å²) in [4.78, 5) is 14.4. The lowest BCUT2D eigenvalue weighted by Crippen LogP contribution is -2.37. The van der Waals surface area contributed by atoms with E-state index < -0.39 is 0 Å². The number of hydrogen-bond donors (Lipinski definition) is 0. The third-order valence-corrected chi connectivity index (χ3v) is 4.01. The number of carbonyl (C=O) groups is 1. The fourth-order valence-electron chi connectivity index (χ4n) is 2.31. The molecule has 18 heavy (non-hydrogen) atoms. The lowest BCUT2D eigenvalue weighted by Gasteiger charge is -2.31. The zero-order valence-electron chi connectivity index (χ0n) is 10.9. The minimum atomic E-state index is 0.136. The van der Waals surface area contributed by atoms with Gasteiger partial charge in [0.25, 0.3) is 5.91 Å². The molecule has 98 valence electrons. The number of halogens is 1. The molecule has 0 aliphatic heterocycles. The molecule has 2 nitrogen and oxygen atoms in total. The number of benzene rings is 1. The van der Waals surface area contributed by atoms with Gasteiger partial charge in [-0.15, -0.1) is 11.6 Å². The predicted molar refractivity (Wildman–Crippen MR) is 74.9 cm³/mol. The molecule has 1 amide bonds. The third-order valence-electron chi connectivity index (χ3n) is 3.70. The molecule has 0 heterocycles. The van der Waals surface area contributed by atoms with E-state index in [9.17, 15) is 4.79 Å². The van der Waals surface area contributed by atoms with Crippen LogP contribution >= 0.6 is 11.6 Å². The second-order valence-electron chi connectivity index (χ2n) is 4.97. The van der Waals surface area contributed by atoms with Crippen molar-refractivity contribution in [1.82, 2.24) is 4.90 Å². The van der Waals surface area contributed by atoms with Crippen LogP contribution in [0.25, 0.3) is 0 Å². The van der Waals surface area contributed by atoms with Crippen molar-refractivity contribution in [3.05, 3.63) is 35.4 Å². The van der Waals surface area contributed by atoms with E-state index in [4.69, 9.17) is 11.6 Å². The Labute approximate surface area is 114 Å². The first kappa shape index (κ1) is 13.4. The van der Waals surface area contributed by atoms with E-state index in [1.807, 2.05) is 36.1 Å². The first-order valence-corrected chi connectivity index (χ1v) is 7.22. The van der Waals surface area contributed by atoms with E-state index >= 15 is 0 Å². The van der Waals surface area contributed by atoms with Gasteiger partial charge in [-0.1, -0.05) is 18.6 Å². The fourth-order valence-corrected chi connectivity index (χ4v) is 2.48. The van der Waals surface area contributed by atoms with Crippen LogP contribution in [0.4, 0.5) is 0 Å². The molecule has 0 saturated heterocycles. The van der Waals surface area contributed by atoms with Crippen LogP contribution in [0.5, 0.6) is 0 Å². The number of carbonyl (C=O) groups excluding carboxylic acids is 1. The van der Waals surface area contributed by atoms with Gasteiger partial charge in [-0.2, -0.15) is 0 Å². The van der Waals surface area contributed by atoms with Crippen molar-refractivity contribution in [1.29, 1.82) is 0 Å². The number of amides is 1. The van der Waals surface area contributed by atoms with Crippen LogP contribution in [0.2, 0.25) is 0 Å². The van der Waals surface area contributed by atoms with Gasteiger partial charge in [0.15, 0.2) is 0 Å². The summed E-state index contributed by atoms with van der Waals surface area (Å²) in [6, 6.07) is 7.63. The van der Waals surface area contributed by atoms with E-state index in [1.54, 1.807) is 0 Å². The zero-order chi connectivity index (χ0) is 13.0. The van der Waals surface area contributed by atoms with E-state index in [2.05, 4.69) is 0 Å². The smallest absolute Gasteiger partial charge is 0.253 e. The average Bonchev–Trinajstić information content (AvgIpc) is 2.37. The maximum atomic E-state index is 12.4. The summed E-state index contributed by atoms with van der Waals surface area (Å²) in [7, 11) is 0. The predicted octanol–water partition coefficient (Wildman–Crippen LogP) is 3.69. The van der Waals surface area contributed by atoms with Gasteiger partial charge in [0.1, 0.15) is 0 Å². The lowest BCUT2D eigenvalue weighted by molar-refractivity contribution is 0.0706. The molecule has 1 aliphatic rings. The highest BCUT2D eigenvalue weighted by Gasteiger charge is 2.23. The van der Waals surface area contributed by atoms with E-state index in [1.165, 1.54) is 19.3 Å². The summed E-state index contributed by atoms with van der Waals surface area (Å²) in [6.07, 6.45) is 3.86.